The molecule has 9 nitrogen and oxygen atoms in total. The smallest absolute Gasteiger partial charge is 0.290 e. The Morgan fingerprint density at radius 3 is 2.54 bits per heavy atom. The van der Waals surface area contributed by atoms with Gasteiger partial charge in [-0.2, -0.15) is 4.31 Å². The van der Waals surface area contributed by atoms with Crippen LogP contribution in [0.3, 0.4) is 0 Å². The molecule has 1 atom stereocenters. The number of carbonyl (C=O) groups is 1. The van der Waals surface area contributed by atoms with Crippen LogP contribution >= 0.6 is 11.6 Å². The number of halogens is 1. The first-order chi connectivity index (χ1) is 12.3. The summed E-state index contributed by atoms with van der Waals surface area (Å²) in [5, 5.41) is 11.3. The molecule has 142 valence electrons. The molecule has 1 unspecified atom stereocenters. The molecule has 0 radical (unpaired) electrons. The summed E-state index contributed by atoms with van der Waals surface area (Å²) < 4.78 is 32.1. The van der Waals surface area contributed by atoms with Crippen molar-refractivity contribution in [3.8, 4) is 0 Å². The second-order valence-corrected chi connectivity index (χ2v) is 8.44. The summed E-state index contributed by atoms with van der Waals surface area (Å²) >= 11 is 5.74. The number of rotatable bonds is 4. The Balaban J connectivity index is 1.74. The maximum atomic E-state index is 12.8. The van der Waals surface area contributed by atoms with E-state index in [1.165, 1.54) is 6.07 Å². The average molecular weight is 404 g/mol. The molecular weight excluding hydrogens is 386 g/mol. The van der Waals surface area contributed by atoms with Gasteiger partial charge >= 0.3 is 0 Å². The van der Waals surface area contributed by atoms with E-state index < -0.39 is 31.6 Å². The van der Waals surface area contributed by atoms with Crippen LogP contribution in [0.4, 0.5) is 5.69 Å². The third-order valence-corrected chi connectivity index (χ3v) is 6.67. The topological polar surface area (TPSA) is 110 Å². The van der Waals surface area contributed by atoms with Crippen LogP contribution in [-0.4, -0.2) is 67.3 Å². The number of amides is 1. The van der Waals surface area contributed by atoms with E-state index in [4.69, 9.17) is 16.3 Å². The van der Waals surface area contributed by atoms with Gasteiger partial charge in [-0.15, -0.1) is 0 Å². The van der Waals surface area contributed by atoms with Crippen molar-refractivity contribution in [3.63, 3.8) is 0 Å². The van der Waals surface area contributed by atoms with Gasteiger partial charge in [0.1, 0.15) is 6.10 Å². The molecule has 0 aliphatic carbocycles. The van der Waals surface area contributed by atoms with Crippen LogP contribution in [0, 0.1) is 10.1 Å². The molecule has 1 aromatic carbocycles. The van der Waals surface area contributed by atoms with Crippen LogP contribution in [0.1, 0.15) is 12.8 Å². The normalized spacial score (nSPS) is 21.7. The van der Waals surface area contributed by atoms with Gasteiger partial charge in [0.05, 0.1) is 4.92 Å². The van der Waals surface area contributed by atoms with Gasteiger partial charge in [-0.1, -0.05) is 11.6 Å². The van der Waals surface area contributed by atoms with Crippen molar-refractivity contribution < 1.29 is 22.9 Å². The molecule has 2 aliphatic rings. The Bertz CT molecular complexity index is 817. The number of ether oxygens (including phenoxy) is 1. The zero-order valence-corrected chi connectivity index (χ0v) is 15.4. The Morgan fingerprint density at radius 2 is 1.96 bits per heavy atom. The summed E-state index contributed by atoms with van der Waals surface area (Å²) in [5.41, 5.74) is -0.560. The first kappa shape index (κ1) is 19.0. The van der Waals surface area contributed by atoms with Gasteiger partial charge in [0.25, 0.3) is 11.6 Å². The Kier molecular flexibility index (Phi) is 5.47. The van der Waals surface area contributed by atoms with Gasteiger partial charge in [0, 0.05) is 43.9 Å². The number of piperazine rings is 1. The summed E-state index contributed by atoms with van der Waals surface area (Å²) in [6.45, 7) is 1.14. The number of hydrogen-bond acceptors (Lipinski definition) is 6. The Morgan fingerprint density at radius 1 is 1.27 bits per heavy atom. The van der Waals surface area contributed by atoms with Crippen molar-refractivity contribution in [1.82, 2.24) is 9.21 Å². The zero-order valence-electron chi connectivity index (χ0n) is 13.8. The highest BCUT2D eigenvalue weighted by Gasteiger charge is 2.36. The summed E-state index contributed by atoms with van der Waals surface area (Å²) in [5.74, 6) is -0.128. The van der Waals surface area contributed by atoms with E-state index in [0.29, 0.717) is 13.0 Å². The molecule has 3 rings (SSSR count). The van der Waals surface area contributed by atoms with Crippen molar-refractivity contribution in [2.75, 3.05) is 32.8 Å². The van der Waals surface area contributed by atoms with Gasteiger partial charge in [-0.05, 0) is 25.0 Å². The fraction of sp³-hybridized carbons (Fsp3) is 0.533. The van der Waals surface area contributed by atoms with Gasteiger partial charge < -0.3 is 9.64 Å². The monoisotopic (exact) mass is 403 g/mol. The van der Waals surface area contributed by atoms with Crippen molar-refractivity contribution in [1.29, 1.82) is 0 Å². The van der Waals surface area contributed by atoms with E-state index in [1.807, 2.05) is 0 Å². The predicted molar refractivity (Wildman–Crippen MR) is 92.4 cm³/mol. The molecule has 2 fully saturated rings. The van der Waals surface area contributed by atoms with E-state index in [0.717, 1.165) is 22.9 Å². The number of benzene rings is 1. The lowest BCUT2D eigenvalue weighted by Crippen LogP contribution is -2.52. The van der Waals surface area contributed by atoms with Gasteiger partial charge in [0.2, 0.25) is 10.0 Å². The van der Waals surface area contributed by atoms with E-state index in [2.05, 4.69) is 0 Å². The molecule has 2 aliphatic heterocycles. The SMILES string of the molecule is O=C(C1CCCO1)N1CCN(S(=O)(=O)c2ccc(Cl)cc2[N+](=O)[O-])CC1. The number of nitrogens with zero attached hydrogens (tertiary/aromatic N) is 3. The first-order valence-corrected chi connectivity index (χ1v) is 9.97. The number of nitro benzene ring substituents is 1. The molecule has 26 heavy (non-hydrogen) atoms. The number of carbonyl (C=O) groups excluding carboxylic acids is 1. The minimum absolute atomic E-state index is 0.0700. The van der Waals surface area contributed by atoms with Crippen LogP contribution in [0.2, 0.25) is 5.02 Å². The van der Waals surface area contributed by atoms with Crippen LogP contribution in [0.15, 0.2) is 23.1 Å². The lowest BCUT2D eigenvalue weighted by molar-refractivity contribution is -0.387. The third kappa shape index (κ3) is 3.68. The van der Waals surface area contributed by atoms with E-state index >= 15 is 0 Å². The van der Waals surface area contributed by atoms with E-state index in [-0.39, 0.29) is 37.1 Å². The summed E-state index contributed by atoms with van der Waals surface area (Å²) in [4.78, 5) is 23.9. The van der Waals surface area contributed by atoms with Crippen molar-refractivity contribution >= 4 is 33.2 Å². The fourth-order valence-electron chi connectivity index (χ4n) is 3.12. The summed E-state index contributed by atoms with van der Waals surface area (Å²) in [6.07, 6.45) is 1.06. The fourth-order valence-corrected chi connectivity index (χ4v) is 4.84. The summed E-state index contributed by atoms with van der Waals surface area (Å²) in [6, 6.07) is 3.46. The molecule has 1 aromatic rings. The first-order valence-electron chi connectivity index (χ1n) is 8.15. The molecule has 11 heteroatoms. The molecule has 0 aromatic heterocycles. The van der Waals surface area contributed by atoms with Gasteiger partial charge in [-0.25, -0.2) is 8.42 Å². The second-order valence-electron chi connectivity index (χ2n) is 6.10. The molecular formula is C15H18ClN3O6S. The Labute approximate surface area is 155 Å². The van der Waals surface area contributed by atoms with Gasteiger partial charge in [0.15, 0.2) is 4.90 Å². The molecule has 2 heterocycles. The largest absolute Gasteiger partial charge is 0.368 e. The number of sulfonamides is 1. The number of nitro groups is 1. The molecule has 0 spiro atoms. The maximum absolute atomic E-state index is 12.8. The lowest BCUT2D eigenvalue weighted by atomic mass is 10.2. The molecule has 2 saturated heterocycles. The lowest BCUT2D eigenvalue weighted by Gasteiger charge is -2.34. The highest BCUT2D eigenvalue weighted by molar-refractivity contribution is 7.89. The van der Waals surface area contributed by atoms with E-state index in [9.17, 15) is 23.3 Å². The molecule has 0 N–H and O–H groups in total. The highest BCUT2D eigenvalue weighted by atomic mass is 35.5. The summed E-state index contributed by atoms with van der Waals surface area (Å²) in [7, 11) is -4.06. The molecule has 1 amide bonds. The quantitative estimate of drug-likeness (QED) is 0.552. The van der Waals surface area contributed by atoms with Crippen LogP contribution < -0.4 is 0 Å². The minimum atomic E-state index is -4.06. The van der Waals surface area contributed by atoms with Crippen molar-refractivity contribution in [3.05, 3.63) is 33.3 Å². The minimum Gasteiger partial charge on any atom is -0.368 e. The third-order valence-electron chi connectivity index (χ3n) is 4.49. The van der Waals surface area contributed by atoms with E-state index in [1.54, 1.807) is 4.90 Å². The molecule has 0 saturated carbocycles. The highest BCUT2D eigenvalue weighted by Crippen LogP contribution is 2.30. The van der Waals surface area contributed by atoms with Crippen LogP contribution in [-0.2, 0) is 19.6 Å². The molecule has 0 bridgehead atoms. The van der Waals surface area contributed by atoms with Crippen LogP contribution in [0.5, 0.6) is 0 Å². The second kappa shape index (κ2) is 7.47. The average Bonchev–Trinajstić information content (AvgIpc) is 3.15. The standard InChI is InChI=1S/C15H18ClN3O6S/c16-11-3-4-14(12(10-11)19(21)22)26(23,24)18-7-5-17(6-8-18)15(20)13-2-1-9-25-13/h3-4,10,13H,1-2,5-9H2. The maximum Gasteiger partial charge on any atom is 0.290 e. The van der Waals surface area contributed by atoms with Crippen molar-refractivity contribution in [2.24, 2.45) is 0 Å². The van der Waals surface area contributed by atoms with Crippen molar-refractivity contribution in [2.45, 2.75) is 23.8 Å². The predicted octanol–water partition coefficient (Wildman–Crippen LogP) is 1.26. The van der Waals surface area contributed by atoms with Crippen LogP contribution in [0.25, 0.3) is 0 Å². The zero-order chi connectivity index (χ0) is 18.9. The van der Waals surface area contributed by atoms with Gasteiger partial charge in [-0.3, -0.25) is 14.9 Å². The number of hydrogen-bond donors (Lipinski definition) is 0. The Hall–Kier alpha value is -1.75.